The first-order chi connectivity index (χ1) is 17.0. The van der Waals surface area contributed by atoms with Gasteiger partial charge in [0.05, 0.1) is 30.8 Å². The molecule has 0 bridgehead atoms. The molecule has 0 spiro atoms. The Balaban J connectivity index is 2.23. The second-order valence-corrected chi connectivity index (χ2v) is 10.2. The van der Waals surface area contributed by atoms with Crippen LogP contribution in [0.2, 0.25) is 5.02 Å². The van der Waals surface area contributed by atoms with Gasteiger partial charge in [0.15, 0.2) is 11.5 Å². The van der Waals surface area contributed by atoms with Gasteiger partial charge in [-0.3, -0.25) is 9.10 Å². The average Bonchev–Trinajstić information content (AvgIpc) is 2.81. The number of carbonyl (C=O) groups is 1. The van der Waals surface area contributed by atoms with Crippen molar-refractivity contribution in [3.8, 4) is 11.5 Å². The number of benzene rings is 3. The molecule has 36 heavy (non-hydrogen) atoms. The summed E-state index contributed by atoms with van der Waals surface area (Å²) in [6, 6.07) is 10.8. The van der Waals surface area contributed by atoms with E-state index in [1.165, 1.54) is 63.6 Å². The van der Waals surface area contributed by atoms with Gasteiger partial charge in [0.1, 0.15) is 11.6 Å². The molecule has 0 aliphatic rings. The Morgan fingerprint density at radius 2 is 1.67 bits per heavy atom. The Morgan fingerprint density at radius 1 is 1.03 bits per heavy atom. The van der Waals surface area contributed by atoms with Crippen molar-refractivity contribution in [2.75, 3.05) is 18.5 Å². The zero-order chi connectivity index (χ0) is 26.6. The van der Waals surface area contributed by atoms with E-state index in [9.17, 15) is 22.0 Å². The molecule has 192 valence electrons. The lowest BCUT2D eigenvalue weighted by atomic mass is 10.0. The van der Waals surface area contributed by atoms with E-state index in [0.29, 0.717) is 5.75 Å². The number of methoxy groups -OCH3 is 2. The highest BCUT2D eigenvalue weighted by Crippen LogP contribution is 2.36. The fourth-order valence-electron chi connectivity index (χ4n) is 3.87. The molecule has 0 radical (unpaired) electrons. The number of hydrogen-bond donors (Lipinski definition) is 1. The summed E-state index contributed by atoms with van der Waals surface area (Å²) in [6.45, 7) is 1.51. The molecule has 1 amide bonds. The van der Waals surface area contributed by atoms with E-state index in [2.05, 4.69) is 0 Å². The number of primary amides is 1. The highest BCUT2D eigenvalue weighted by Gasteiger charge is 2.33. The third kappa shape index (κ3) is 5.71. The van der Waals surface area contributed by atoms with E-state index in [-0.39, 0.29) is 45.3 Å². The average molecular weight is 539 g/mol. The summed E-state index contributed by atoms with van der Waals surface area (Å²) < 4.78 is 68.2. The van der Waals surface area contributed by atoms with Gasteiger partial charge in [-0.1, -0.05) is 17.7 Å². The molecule has 0 aliphatic carbocycles. The molecule has 0 fully saturated rings. The van der Waals surface area contributed by atoms with Crippen LogP contribution in [0.3, 0.4) is 0 Å². The minimum absolute atomic E-state index is 0.0885. The molecule has 0 saturated heterocycles. The summed E-state index contributed by atoms with van der Waals surface area (Å²) >= 11 is 6.18. The molecule has 3 aromatic carbocycles. The van der Waals surface area contributed by atoms with Crippen LogP contribution >= 0.6 is 11.6 Å². The summed E-state index contributed by atoms with van der Waals surface area (Å²) in [5, 5.41) is 0.233. The van der Waals surface area contributed by atoms with Gasteiger partial charge in [-0.2, -0.15) is 0 Å². The van der Waals surface area contributed by atoms with E-state index in [1.54, 1.807) is 0 Å². The van der Waals surface area contributed by atoms with Gasteiger partial charge in [0.2, 0.25) is 5.91 Å². The zero-order valence-electron chi connectivity index (χ0n) is 19.8. The van der Waals surface area contributed by atoms with Crippen molar-refractivity contribution in [2.24, 2.45) is 5.73 Å². The molecule has 0 saturated carbocycles. The van der Waals surface area contributed by atoms with Crippen molar-refractivity contribution >= 4 is 33.2 Å². The first-order valence-electron chi connectivity index (χ1n) is 10.8. The van der Waals surface area contributed by atoms with Crippen LogP contribution in [0.15, 0.2) is 59.5 Å². The van der Waals surface area contributed by atoms with Crippen LogP contribution in [0.1, 0.15) is 24.5 Å². The lowest BCUT2D eigenvalue weighted by Crippen LogP contribution is -2.41. The predicted molar refractivity (Wildman–Crippen MR) is 133 cm³/mol. The number of carbonyl (C=O) groups excluding carboxylic acids is 1. The third-order valence-electron chi connectivity index (χ3n) is 5.52. The second-order valence-electron chi connectivity index (χ2n) is 7.99. The second kappa shape index (κ2) is 11.1. The smallest absolute Gasteiger partial charge is 0.264 e. The molecule has 3 aromatic rings. The van der Waals surface area contributed by atoms with E-state index in [0.717, 1.165) is 16.4 Å². The molecule has 1 atom stereocenters. The molecule has 3 rings (SSSR count). The number of ether oxygens (including phenoxy) is 2. The Labute approximate surface area is 213 Å². The van der Waals surface area contributed by atoms with E-state index in [1.807, 2.05) is 0 Å². The quantitative estimate of drug-likeness (QED) is 0.404. The minimum Gasteiger partial charge on any atom is -0.493 e. The number of hydrogen-bond acceptors (Lipinski definition) is 5. The summed E-state index contributed by atoms with van der Waals surface area (Å²) in [6.07, 6.45) is -0.613. The fraction of sp³-hybridized carbons (Fsp3) is 0.240. The van der Waals surface area contributed by atoms with Gasteiger partial charge in [-0.15, -0.1) is 0 Å². The normalized spacial score (nSPS) is 12.2. The van der Waals surface area contributed by atoms with Gasteiger partial charge < -0.3 is 15.2 Å². The molecule has 2 N–H and O–H groups in total. The molecule has 7 nitrogen and oxygen atoms in total. The molecule has 0 heterocycles. The monoisotopic (exact) mass is 538 g/mol. The maximum Gasteiger partial charge on any atom is 0.264 e. The number of amides is 1. The molecule has 0 aliphatic heterocycles. The summed E-state index contributed by atoms with van der Waals surface area (Å²) in [5.74, 6) is -1.83. The van der Waals surface area contributed by atoms with Crippen LogP contribution in [-0.4, -0.2) is 34.6 Å². The van der Waals surface area contributed by atoms with Crippen LogP contribution in [0.4, 0.5) is 14.5 Å². The molecule has 0 aromatic heterocycles. The van der Waals surface area contributed by atoms with Crippen molar-refractivity contribution in [3.63, 3.8) is 0 Å². The van der Waals surface area contributed by atoms with Crippen LogP contribution in [-0.2, 0) is 21.2 Å². The van der Waals surface area contributed by atoms with Gasteiger partial charge in [-0.05, 0) is 55.0 Å². The van der Waals surface area contributed by atoms with Crippen LogP contribution < -0.4 is 19.5 Å². The van der Waals surface area contributed by atoms with E-state index < -0.39 is 33.6 Å². The lowest BCUT2D eigenvalue weighted by Gasteiger charge is -2.32. The highest BCUT2D eigenvalue weighted by atomic mass is 35.5. The van der Waals surface area contributed by atoms with Crippen molar-refractivity contribution in [2.45, 2.75) is 30.7 Å². The Morgan fingerprint density at radius 3 is 2.25 bits per heavy atom. The van der Waals surface area contributed by atoms with E-state index in [4.69, 9.17) is 26.8 Å². The van der Waals surface area contributed by atoms with Crippen LogP contribution in [0.25, 0.3) is 0 Å². The van der Waals surface area contributed by atoms with Gasteiger partial charge in [0, 0.05) is 29.5 Å². The Kier molecular flexibility index (Phi) is 8.42. The lowest BCUT2D eigenvalue weighted by molar-refractivity contribution is -0.118. The third-order valence-corrected chi connectivity index (χ3v) is 7.68. The van der Waals surface area contributed by atoms with Crippen molar-refractivity contribution in [3.05, 3.63) is 82.4 Å². The fourth-order valence-corrected chi connectivity index (χ4v) is 5.77. The molecule has 11 heteroatoms. The standard InChI is InChI=1S/C25H25ClF2N2O5S/c1-15(11-25(29)31)30(36(32,33)18-8-10-23(34-2)24(14-18)35-3)22-9-7-17(26)12-16(22)13-19-20(27)5-4-6-21(19)28/h4-10,12,14-15H,11,13H2,1-3H3,(H2,29,31). The maximum atomic E-state index is 14.5. The molecule has 1 unspecified atom stereocenters. The molecular formula is C25H25ClF2N2O5S. The topological polar surface area (TPSA) is 98.9 Å². The Hall–Kier alpha value is -3.37. The number of anilines is 1. The van der Waals surface area contributed by atoms with Crippen LogP contribution in [0.5, 0.6) is 11.5 Å². The summed E-state index contributed by atoms with van der Waals surface area (Å²) in [7, 11) is -1.57. The maximum absolute atomic E-state index is 14.5. The van der Waals surface area contributed by atoms with Gasteiger partial charge in [0.25, 0.3) is 10.0 Å². The Bertz CT molecular complexity index is 1360. The number of sulfonamides is 1. The number of nitrogens with two attached hydrogens (primary N) is 1. The summed E-state index contributed by atoms with van der Waals surface area (Å²) in [4.78, 5) is 11.6. The summed E-state index contributed by atoms with van der Waals surface area (Å²) in [5.41, 5.74) is 5.44. The van der Waals surface area contributed by atoms with Crippen molar-refractivity contribution in [1.82, 2.24) is 0 Å². The number of nitrogens with zero attached hydrogens (tertiary/aromatic N) is 1. The van der Waals surface area contributed by atoms with Crippen LogP contribution in [0, 0.1) is 11.6 Å². The first kappa shape index (κ1) is 27.2. The number of halogens is 3. The highest BCUT2D eigenvalue weighted by molar-refractivity contribution is 7.92. The van der Waals surface area contributed by atoms with Gasteiger partial charge in [-0.25, -0.2) is 17.2 Å². The van der Waals surface area contributed by atoms with Crippen molar-refractivity contribution < 1.29 is 31.5 Å². The van der Waals surface area contributed by atoms with Gasteiger partial charge >= 0.3 is 0 Å². The van der Waals surface area contributed by atoms with Crippen molar-refractivity contribution in [1.29, 1.82) is 0 Å². The first-order valence-corrected chi connectivity index (χ1v) is 12.6. The minimum atomic E-state index is -4.35. The zero-order valence-corrected chi connectivity index (χ0v) is 21.4. The predicted octanol–water partition coefficient (Wildman–Crippen LogP) is 4.69. The number of rotatable bonds is 10. The van der Waals surface area contributed by atoms with E-state index >= 15 is 0 Å². The largest absolute Gasteiger partial charge is 0.493 e. The molecular weight excluding hydrogens is 514 g/mol. The SMILES string of the molecule is COc1ccc(S(=O)(=O)N(c2ccc(Cl)cc2Cc2c(F)cccc2F)C(C)CC(N)=O)cc1OC.